The van der Waals surface area contributed by atoms with E-state index in [-0.39, 0.29) is 5.97 Å². The molecular weight excluding hydrogens is 432 g/mol. The predicted octanol–water partition coefficient (Wildman–Crippen LogP) is 6.01. The highest BCUT2D eigenvalue weighted by molar-refractivity contribution is 9.09. The average Bonchev–Trinajstić information content (AvgIpc) is 2.73. The van der Waals surface area contributed by atoms with Gasteiger partial charge in [-0.15, -0.1) is 23.7 Å². The maximum absolute atomic E-state index is 11.9. The van der Waals surface area contributed by atoms with Gasteiger partial charge in [0.2, 0.25) is 0 Å². The van der Waals surface area contributed by atoms with Crippen molar-refractivity contribution >= 4 is 21.9 Å². The molecule has 0 aliphatic carbocycles. The maximum atomic E-state index is 11.9. The van der Waals surface area contributed by atoms with Gasteiger partial charge in [-0.3, -0.25) is 4.79 Å². The molecule has 166 valence electrons. The number of carbonyl (C=O) groups excluding carboxylic acids is 1. The van der Waals surface area contributed by atoms with Gasteiger partial charge in [0.25, 0.3) is 0 Å². The molecule has 0 aromatic heterocycles. The Balaban J connectivity index is 4.12. The summed E-state index contributed by atoms with van der Waals surface area (Å²) in [5.41, 5.74) is 0. The van der Waals surface area contributed by atoms with E-state index >= 15 is 0 Å². The molecule has 0 aromatic rings. The van der Waals surface area contributed by atoms with Crippen molar-refractivity contribution in [3.63, 3.8) is 0 Å². The molecular formula is C24H39BrO4. The van der Waals surface area contributed by atoms with E-state index in [0.717, 1.165) is 56.7 Å². The second kappa shape index (κ2) is 23.3. The molecule has 0 rings (SSSR count). The average molecular weight is 471 g/mol. The lowest BCUT2D eigenvalue weighted by molar-refractivity contribution is -0.157. The van der Waals surface area contributed by atoms with E-state index in [4.69, 9.17) is 14.2 Å². The minimum absolute atomic E-state index is 0.187. The third-order valence-corrected chi connectivity index (χ3v) is 4.50. The molecule has 29 heavy (non-hydrogen) atoms. The van der Waals surface area contributed by atoms with Gasteiger partial charge in [0.15, 0.2) is 6.29 Å². The van der Waals surface area contributed by atoms with Crippen LogP contribution in [-0.2, 0) is 19.0 Å². The van der Waals surface area contributed by atoms with Gasteiger partial charge in [0.1, 0.15) is 0 Å². The summed E-state index contributed by atoms with van der Waals surface area (Å²) < 4.78 is 16.9. The minimum atomic E-state index is -0.414. The number of hydrogen-bond donors (Lipinski definition) is 0. The number of esters is 1. The van der Waals surface area contributed by atoms with Gasteiger partial charge in [-0.05, 0) is 25.7 Å². The van der Waals surface area contributed by atoms with Crippen molar-refractivity contribution in [2.45, 2.75) is 97.2 Å². The van der Waals surface area contributed by atoms with Crippen LogP contribution in [0.1, 0.15) is 90.9 Å². The van der Waals surface area contributed by atoms with Crippen LogP contribution in [0.15, 0.2) is 0 Å². The van der Waals surface area contributed by atoms with E-state index in [1.165, 1.54) is 0 Å². The summed E-state index contributed by atoms with van der Waals surface area (Å²) in [6.45, 7) is 5.73. The normalized spacial score (nSPS) is 10.2. The SMILES string of the molecule is CCCC#CCCOC(CCC(=O)OCCCCCCBr)OCCC#CCCC. The second-order valence-electron chi connectivity index (χ2n) is 6.74. The van der Waals surface area contributed by atoms with E-state index in [9.17, 15) is 4.79 Å². The first-order valence-electron chi connectivity index (χ1n) is 11.1. The van der Waals surface area contributed by atoms with E-state index in [2.05, 4.69) is 53.5 Å². The summed E-state index contributed by atoms with van der Waals surface area (Å²) in [6.07, 6.45) is 10.0. The predicted molar refractivity (Wildman–Crippen MR) is 123 cm³/mol. The van der Waals surface area contributed by atoms with Crippen LogP contribution in [0.4, 0.5) is 0 Å². The van der Waals surface area contributed by atoms with Gasteiger partial charge in [-0.1, -0.05) is 42.6 Å². The molecule has 0 N–H and O–H groups in total. The van der Waals surface area contributed by atoms with Gasteiger partial charge in [0, 0.05) is 37.4 Å². The van der Waals surface area contributed by atoms with E-state index in [0.29, 0.717) is 45.5 Å². The largest absolute Gasteiger partial charge is 0.466 e. The summed E-state index contributed by atoms with van der Waals surface area (Å²) in [6, 6.07) is 0. The third-order valence-electron chi connectivity index (χ3n) is 3.94. The minimum Gasteiger partial charge on any atom is -0.466 e. The summed E-state index contributed by atoms with van der Waals surface area (Å²) in [5.74, 6) is 12.2. The Kier molecular flexibility index (Phi) is 22.5. The summed E-state index contributed by atoms with van der Waals surface area (Å²) in [7, 11) is 0. The van der Waals surface area contributed by atoms with Crippen LogP contribution in [0, 0.1) is 23.7 Å². The van der Waals surface area contributed by atoms with Gasteiger partial charge < -0.3 is 14.2 Å². The van der Waals surface area contributed by atoms with Crippen LogP contribution in [0.25, 0.3) is 0 Å². The number of rotatable bonds is 17. The van der Waals surface area contributed by atoms with Crippen molar-refractivity contribution in [1.29, 1.82) is 0 Å². The van der Waals surface area contributed by atoms with Crippen LogP contribution in [-0.4, -0.2) is 37.4 Å². The van der Waals surface area contributed by atoms with Crippen molar-refractivity contribution in [3.8, 4) is 23.7 Å². The van der Waals surface area contributed by atoms with Crippen molar-refractivity contribution in [2.24, 2.45) is 0 Å². The number of hydrogen-bond acceptors (Lipinski definition) is 4. The maximum Gasteiger partial charge on any atom is 0.305 e. The summed E-state index contributed by atoms with van der Waals surface area (Å²) in [5, 5.41) is 1.03. The quantitative estimate of drug-likeness (QED) is 0.0857. The fourth-order valence-corrected chi connectivity index (χ4v) is 2.74. The van der Waals surface area contributed by atoms with E-state index < -0.39 is 6.29 Å². The fourth-order valence-electron chi connectivity index (χ4n) is 2.35. The Morgan fingerprint density at radius 3 is 1.90 bits per heavy atom. The number of ether oxygens (including phenoxy) is 3. The third kappa shape index (κ3) is 21.5. The molecule has 5 heteroatoms. The Hall–Kier alpha value is -1.01. The molecule has 0 aliphatic rings. The van der Waals surface area contributed by atoms with E-state index in [1.807, 2.05) is 0 Å². The lowest BCUT2D eigenvalue weighted by Crippen LogP contribution is -2.20. The van der Waals surface area contributed by atoms with Gasteiger partial charge in [-0.2, -0.15) is 0 Å². The topological polar surface area (TPSA) is 44.8 Å². The first kappa shape index (κ1) is 28.0. The highest BCUT2D eigenvalue weighted by Crippen LogP contribution is 2.08. The number of carbonyl (C=O) groups is 1. The second-order valence-corrected chi connectivity index (χ2v) is 7.53. The van der Waals surface area contributed by atoms with E-state index in [1.54, 1.807) is 0 Å². The molecule has 0 aromatic carbocycles. The van der Waals surface area contributed by atoms with Gasteiger partial charge in [0.05, 0.1) is 26.2 Å². The number of halogens is 1. The molecule has 0 fully saturated rings. The summed E-state index contributed by atoms with van der Waals surface area (Å²) >= 11 is 3.42. The Bertz CT molecular complexity index is 468. The summed E-state index contributed by atoms with van der Waals surface area (Å²) in [4.78, 5) is 11.9. The standard InChI is InChI=1S/C24H39BrO4/c1-3-5-7-10-15-21-28-24(29-22-16-11-8-6-4-2)18-17-23(26)27-20-14-12-9-13-19-25/h24H,3-6,9,12-22H2,1-2H3. The molecule has 0 amide bonds. The first-order chi connectivity index (χ1) is 14.2. The van der Waals surface area contributed by atoms with Crippen LogP contribution >= 0.6 is 15.9 Å². The Labute approximate surface area is 187 Å². The molecule has 4 nitrogen and oxygen atoms in total. The zero-order valence-electron chi connectivity index (χ0n) is 18.4. The Morgan fingerprint density at radius 1 is 0.793 bits per heavy atom. The fraction of sp³-hybridized carbons (Fsp3) is 0.792. The van der Waals surface area contributed by atoms with Crippen molar-refractivity contribution < 1.29 is 19.0 Å². The number of alkyl halides is 1. The highest BCUT2D eigenvalue weighted by Gasteiger charge is 2.13. The van der Waals surface area contributed by atoms with Crippen molar-refractivity contribution in [2.75, 3.05) is 25.2 Å². The smallest absolute Gasteiger partial charge is 0.305 e. The molecule has 0 radical (unpaired) electrons. The van der Waals surface area contributed by atoms with Crippen LogP contribution in [0.2, 0.25) is 0 Å². The zero-order valence-corrected chi connectivity index (χ0v) is 20.0. The van der Waals surface area contributed by atoms with Crippen molar-refractivity contribution in [3.05, 3.63) is 0 Å². The van der Waals surface area contributed by atoms with Gasteiger partial charge >= 0.3 is 5.97 Å². The van der Waals surface area contributed by atoms with Crippen molar-refractivity contribution in [1.82, 2.24) is 0 Å². The molecule has 0 aliphatic heterocycles. The number of unbranched alkanes of at least 4 members (excludes halogenated alkanes) is 5. The molecule has 0 bridgehead atoms. The monoisotopic (exact) mass is 470 g/mol. The molecule has 0 heterocycles. The lowest BCUT2D eigenvalue weighted by atomic mass is 10.2. The zero-order chi connectivity index (χ0) is 21.4. The first-order valence-corrected chi connectivity index (χ1v) is 12.2. The van der Waals surface area contributed by atoms with Gasteiger partial charge in [-0.25, -0.2) is 0 Å². The lowest BCUT2D eigenvalue weighted by Gasteiger charge is -2.17. The van der Waals surface area contributed by atoms with Crippen LogP contribution in [0.3, 0.4) is 0 Å². The molecule has 0 unspecified atom stereocenters. The molecule has 0 spiro atoms. The molecule has 0 saturated heterocycles. The van der Waals surface area contributed by atoms with Crippen LogP contribution in [0.5, 0.6) is 0 Å². The Morgan fingerprint density at radius 2 is 1.34 bits per heavy atom. The molecule has 0 atom stereocenters. The highest BCUT2D eigenvalue weighted by atomic mass is 79.9. The van der Waals surface area contributed by atoms with Crippen LogP contribution < -0.4 is 0 Å². The molecule has 0 saturated carbocycles.